The molecule has 1 N–H and O–H groups in total. The first-order chi connectivity index (χ1) is 9.86. The van der Waals surface area contributed by atoms with E-state index in [1.165, 1.54) is 30.5 Å². The maximum Gasteiger partial charge on any atom is 0.122 e. The van der Waals surface area contributed by atoms with Crippen molar-refractivity contribution in [1.29, 1.82) is 0 Å². The molecule has 2 aliphatic rings. The van der Waals surface area contributed by atoms with Crippen molar-refractivity contribution in [2.75, 3.05) is 33.4 Å². The zero-order valence-electron chi connectivity index (χ0n) is 12.4. The van der Waals surface area contributed by atoms with Crippen molar-refractivity contribution in [1.82, 2.24) is 5.32 Å². The van der Waals surface area contributed by atoms with Crippen molar-refractivity contribution in [3.63, 3.8) is 0 Å². The summed E-state index contributed by atoms with van der Waals surface area (Å²) in [5, 5.41) is 3.50. The highest BCUT2D eigenvalue weighted by molar-refractivity contribution is 5.39. The van der Waals surface area contributed by atoms with E-state index in [0.717, 1.165) is 44.3 Å². The van der Waals surface area contributed by atoms with Gasteiger partial charge in [0, 0.05) is 12.5 Å². The topological polar surface area (TPSA) is 30.5 Å². The molecule has 2 unspecified atom stereocenters. The Kier molecular flexibility index (Phi) is 4.58. The number of nitrogens with one attached hydrogen (secondary N) is 1. The molecule has 1 aromatic carbocycles. The van der Waals surface area contributed by atoms with Crippen LogP contribution < -0.4 is 10.1 Å². The lowest BCUT2D eigenvalue weighted by molar-refractivity contribution is 0.194. The third kappa shape index (κ3) is 3.15. The van der Waals surface area contributed by atoms with Crippen molar-refractivity contribution in [3.8, 4) is 5.75 Å². The van der Waals surface area contributed by atoms with Crippen LogP contribution >= 0.6 is 0 Å². The SMILES string of the molecule is COc1ccc(C2CCOC2)cc1CC1CCCNC1. The van der Waals surface area contributed by atoms with E-state index in [9.17, 15) is 0 Å². The van der Waals surface area contributed by atoms with Crippen LogP contribution in [0.1, 0.15) is 36.3 Å². The second-order valence-electron chi connectivity index (χ2n) is 6.05. The van der Waals surface area contributed by atoms with Crippen LogP contribution in [-0.2, 0) is 11.2 Å². The molecule has 2 fully saturated rings. The molecular formula is C17H25NO2. The van der Waals surface area contributed by atoms with E-state index in [1.54, 1.807) is 7.11 Å². The summed E-state index contributed by atoms with van der Waals surface area (Å²) in [5.41, 5.74) is 2.78. The number of methoxy groups -OCH3 is 1. The summed E-state index contributed by atoms with van der Waals surface area (Å²) in [4.78, 5) is 0. The highest BCUT2D eigenvalue weighted by Gasteiger charge is 2.20. The lowest BCUT2D eigenvalue weighted by Crippen LogP contribution is -2.30. The number of hydrogen-bond donors (Lipinski definition) is 1. The molecular weight excluding hydrogens is 250 g/mol. The summed E-state index contributed by atoms with van der Waals surface area (Å²) in [6, 6.07) is 6.70. The van der Waals surface area contributed by atoms with E-state index in [1.807, 2.05) is 0 Å². The Bertz CT molecular complexity index is 435. The highest BCUT2D eigenvalue weighted by Crippen LogP contribution is 2.31. The second-order valence-corrected chi connectivity index (χ2v) is 6.05. The first-order valence-corrected chi connectivity index (χ1v) is 7.82. The molecule has 3 nitrogen and oxygen atoms in total. The molecule has 3 heteroatoms. The van der Waals surface area contributed by atoms with Gasteiger partial charge in [-0.05, 0) is 61.9 Å². The van der Waals surface area contributed by atoms with Gasteiger partial charge in [-0.15, -0.1) is 0 Å². The fourth-order valence-electron chi connectivity index (χ4n) is 3.42. The molecule has 1 aromatic rings. The number of rotatable bonds is 4. The van der Waals surface area contributed by atoms with Crippen molar-refractivity contribution >= 4 is 0 Å². The van der Waals surface area contributed by atoms with Gasteiger partial charge in [0.05, 0.1) is 13.7 Å². The first-order valence-electron chi connectivity index (χ1n) is 7.82. The first kappa shape index (κ1) is 13.9. The van der Waals surface area contributed by atoms with Crippen LogP contribution in [0.15, 0.2) is 18.2 Å². The molecule has 0 aromatic heterocycles. The minimum atomic E-state index is 0.573. The van der Waals surface area contributed by atoms with E-state index in [2.05, 4.69) is 23.5 Å². The van der Waals surface area contributed by atoms with Gasteiger partial charge in [-0.3, -0.25) is 0 Å². The van der Waals surface area contributed by atoms with Gasteiger partial charge in [-0.2, -0.15) is 0 Å². The Balaban J connectivity index is 1.76. The minimum absolute atomic E-state index is 0.573. The van der Waals surface area contributed by atoms with Crippen LogP contribution in [0.5, 0.6) is 5.75 Å². The molecule has 2 heterocycles. The number of piperidine rings is 1. The fourth-order valence-corrected chi connectivity index (χ4v) is 3.42. The Hall–Kier alpha value is -1.06. The molecule has 0 radical (unpaired) electrons. The van der Waals surface area contributed by atoms with Crippen LogP contribution in [0.25, 0.3) is 0 Å². The van der Waals surface area contributed by atoms with E-state index in [-0.39, 0.29) is 0 Å². The molecule has 2 atom stereocenters. The van der Waals surface area contributed by atoms with Crippen molar-refractivity contribution in [2.45, 2.75) is 31.6 Å². The van der Waals surface area contributed by atoms with Crippen molar-refractivity contribution in [2.24, 2.45) is 5.92 Å². The summed E-state index contributed by atoms with van der Waals surface area (Å²) in [7, 11) is 1.77. The summed E-state index contributed by atoms with van der Waals surface area (Å²) >= 11 is 0. The van der Waals surface area contributed by atoms with Gasteiger partial charge in [0.1, 0.15) is 5.75 Å². The summed E-state index contributed by atoms with van der Waals surface area (Å²) in [6.45, 7) is 4.09. The molecule has 0 amide bonds. The van der Waals surface area contributed by atoms with Crippen LogP contribution in [0.4, 0.5) is 0 Å². The third-order valence-corrected chi connectivity index (χ3v) is 4.61. The zero-order valence-corrected chi connectivity index (χ0v) is 12.4. The average molecular weight is 275 g/mol. The normalized spacial score (nSPS) is 26.6. The molecule has 0 bridgehead atoms. The standard InChI is InChI=1S/C17H25NO2/c1-19-17-5-4-14(15-6-8-20-12-15)10-16(17)9-13-3-2-7-18-11-13/h4-5,10,13,15,18H,2-3,6-9,11-12H2,1H3. The maximum atomic E-state index is 5.55. The van der Waals surface area contributed by atoms with Crippen molar-refractivity contribution < 1.29 is 9.47 Å². The molecule has 3 rings (SSSR count). The van der Waals surface area contributed by atoms with Crippen LogP contribution in [0.2, 0.25) is 0 Å². The summed E-state index contributed by atoms with van der Waals surface area (Å²) < 4.78 is 11.1. The number of ether oxygens (including phenoxy) is 2. The lowest BCUT2D eigenvalue weighted by atomic mass is 9.89. The molecule has 0 aliphatic carbocycles. The van der Waals surface area contributed by atoms with E-state index >= 15 is 0 Å². The van der Waals surface area contributed by atoms with Crippen LogP contribution in [-0.4, -0.2) is 33.4 Å². The molecule has 110 valence electrons. The molecule has 2 aliphatic heterocycles. The van der Waals surface area contributed by atoms with Gasteiger partial charge >= 0.3 is 0 Å². The van der Waals surface area contributed by atoms with E-state index < -0.39 is 0 Å². The molecule has 0 saturated carbocycles. The number of benzene rings is 1. The van der Waals surface area contributed by atoms with Gasteiger partial charge in [0.2, 0.25) is 0 Å². The predicted octanol–water partition coefficient (Wildman–Crippen LogP) is 2.74. The highest BCUT2D eigenvalue weighted by atomic mass is 16.5. The van der Waals surface area contributed by atoms with Gasteiger partial charge in [0.25, 0.3) is 0 Å². The van der Waals surface area contributed by atoms with Gasteiger partial charge in [0.15, 0.2) is 0 Å². The monoisotopic (exact) mass is 275 g/mol. The van der Waals surface area contributed by atoms with Gasteiger partial charge < -0.3 is 14.8 Å². The summed E-state index contributed by atoms with van der Waals surface area (Å²) in [6.07, 6.45) is 4.89. The second kappa shape index (κ2) is 6.59. The lowest BCUT2D eigenvalue weighted by Gasteiger charge is -2.24. The fraction of sp³-hybridized carbons (Fsp3) is 0.647. The van der Waals surface area contributed by atoms with E-state index in [0.29, 0.717) is 5.92 Å². The third-order valence-electron chi connectivity index (χ3n) is 4.61. The van der Waals surface area contributed by atoms with Gasteiger partial charge in [-0.1, -0.05) is 12.1 Å². The smallest absolute Gasteiger partial charge is 0.122 e. The minimum Gasteiger partial charge on any atom is -0.496 e. The Labute approximate surface area is 121 Å². The maximum absolute atomic E-state index is 5.55. The Morgan fingerprint density at radius 2 is 2.30 bits per heavy atom. The van der Waals surface area contributed by atoms with Crippen LogP contribution in [0.3, 0.4) is 0 Å². The Morgan fingerprint density at radius 3 is 3.00 bits per heavy atom. The zero-order chi connectivity index (χ0) is 13.8. The Morgan fingerprint density at radius 1 is 1.35 bits per heavy atom. The molecule has 0 spiro atoms. The predicted molar refractivity (Wildman–Crippen MR) is 80.5 cm³/mol. The van der Waals surface area contributed by atoms with Gasteiger partial charge in [-0.25, -0.2) is 0 Å². The molecule has 2 saturated heterocycles. The van der Waals surface area contributed by atoms with E-state index in [4.69, 9.17) is 9.47 Å². The number of hydrogen-bond acceptors (Lipinski definition) is 3. The van der Waals surface area contributed by atoms with Crippen molar-refractivity contribution in [3.05, 3.63) is 29.3 Å². The summed E-state index contributed by atoms with van der Waals surface area (Å²) in [5.74, 6) is 2.36. The van der Waals surface area contributed by atoms with Crippen LogP contribution in [0, 0.1) is 5.92 Å². The average Bonchev–Trinajstić information content (AvgIpc) is 3.02. The molecule has 20 heavy (non-hydrogen) atoms. The largest absolute Gasteiger partial charge is 0.496 e. The quantitative estimate of drug-likeness (QED) is 0.916.